The maximum Gasteiger partial charge on any atom is 0.296 e. The largest absolute Gasteiger partial charge is 0.296 e. The maximum atomic E-state index is 13.7. The Morgan fingerprint density at radius 2 is 1.82 bits per heavy atom. The van der Waals surface area contributed by atoms with Crippen LogP contribution in [0.25, 0.3) is 11.8 Å². The van der Waals surface area contributed by atoms with Gasteiger partial charge in [-0.15, -0.1) is 11.3 Å². The molecule has 2 aliphatic rings. The van der Waals surface area contributed by atoms with E-state index in [1.54, 1.807) is 32.7 Å². The highest BCUT2D eigenvalue weighted by atomic mass is 32.2. The zero-order chi connectivity index (χ0) is 23.1. The molecule has 3 heterocycles. The van der Waals surface area contributed by atoms with E-state index in [-0.39, 0.29) is 11.5 Å². The van der Waals surface area contributed by atoms with Crippen LogP contribution in [-0.2, 0) is 11.8 Å². The number of para-hydroxylation sites is 1. The molecule has 8 heteroatoms. The average molecular weight is 479 g/mol. The average Bonchev–Trinajstić information content (AvgIpc) is 3.57. The Labute approximate surface area is 201 Å². The Balaban J connectivity index is 1.62. The van der Waals surface area contributed by atoms with Gasteiger partial charge in [-0.1, -0.05) is 42.8 Å². The van der Waals surface area contributed by atoms with Crippen molar-refractivity contribution in [3.8, 4) is 5.69 Å². The fourth-order valence-corrected chi connectivity index (χ4v) is 6.55. The van der Waals surface area contributed by atoms with Crippen molar-refractivity contribution in [2.45, 2.75) is 44.8 Å². The summed E-state index contributed by atoms with van der Waals surface area (Å²) in [5.41, 5.74) is 3.14. The molecule has 1 aliphatic carbocycles. The van der Waals surface area contributed by atoms with Crippen LogP contribution in [0.15, 0.2) is 57.3 Å². The van der Waals surface area contributed by atoms with Crippen molar-refractivity contribution in [2.75, 3.05) is 4.90 Å². The number of rotatable bonds is 4. The number of thiophene rings is 1. The molecule has 0 spiro atoms. The number of amides is 1. The lowest BCUT2D eigenvalue weighted by atomic mass is 10.2. The van der Waals surface area contributed by atoms with Gasteiger partial charge in [0, 0.05) is 17.2 Å². The molecule has 0 saturated heterocycles. The third-order valence-corrected chi connectivity index (χ3v) is 8.58. The first-order valence-corrected chi connectivity index (χ1v) is 12.9. The zero-order valence-electron chi connectivity index (χ0n) is 18.9. The summed E-state index contributed by atoms with van der Waals surface area (Å²) in [5.74, 6) is -0.241. The van der Waals surface area contributed by atoms with E-state index in [0.717, 1.165) is 34.7 Å². The third-order valence-electron chi connectivity index (χ3n) is 6.32. The van der Waals surface area contributed by atoms with Crippen LogP contribution in [0.3, 0.4) is 0 Å². The van der Waals surface area contributed by atoms with Crippen molar-refractivity contribution in [3.05, 3.63) is 74.0 Å². The van der Waals surface area contributed by atoms with Gasteiger partial charge in [0.15, 0.2) is 5.17 Å². The minimum Gasteiger partial charge on any atom is -0.283 e. The van der Waals surface area contributed by atoms with Crippen molar-refractivity contribution >= 4 is 45.9 Å². The van der Waals surface area contributed by atoms with Crippen LogP contribution in [0, 0.1) is 13.8 Å². The number of hydrogen-bond acceptors (Lipinski definition) is 5. The highest BCUT2D eigenvalue weighted by Crippen LogP contribution is 2.37. The number of aryl methyl sites for hydroxylation is 1. The SMILES string of the molecule is Cc1ccsc1C=C1N=C(SC2CCCC2)N(c2c(C)n(C)n(-c3ccccc3)c2=O)C1=O. The summed E-state index contributed by atoms with van der Waals surface area (Å²) < 4.78 is 3.42. The Morgan fingerprint density at radius 3 is 2.48 bits per heavy atom. The molecule has 0 unspecified atom stereocenters. The number of anilines is 1. The van der Waals surface area contributed by atoms with Gasteiger partial charge in [-0.25, -0.2) is 14.6 Å². The summed E-state index contributed by atoms with van der Waals surface area (Å²) in [6, 6.07) is 11.5. The standard InChI is InChI=1S/C25H26N4O2S2/c1-16-13-14-32-21(16)15-20-23(30)28(25(26-20)33-19-11-7-8-12-19)22-17(2)27(3)29(24(22)31)18-9-5-4-6-10-18/h4-6,9-10,13-15,19H,7-8,11-12H2,1-3H3. The van der Waals surface area contributed by atoms with E-state index in [4.69, 9.17) is 4.99 Å². The predicted octanol–water partition coefficient (Wildman–Crippen LogP) is 5.27. The minimum absolute atomic E-state index is 0.220. The molecular weight excluding hydrogens is 452 g/mol. The van der Waals surface area contributed by atoms with Gasteiger partial charge in [0.2, 0.25) is 0 Å². The van der Waals surface area contributed by atoms with Gasteiger partial charge < -0.3 is 0 Å². The Bertz CT molecular complexity index is 1320. The highest BCUT2D eigenvalue weighted by Gasteiger charge is 2.38. The molecule has 2 aromatic heterocycles. The van der Waals surface area contributed by atoms with Gasteiger partial charge in [0.1, 0.15) is 11.4 Å². The molecule has 0 N–H and O–H groups in total. The number of thioether (sulfide) groups is 1. The molecule has 1 fully saturated rings. The Kier molecular flexibility index (Phi) is 5.88. The van der Waals surface area contributed by atoms with Crippen LogP contribution in [0.5, 0.6) is 0 Å². The Hall–Kier alpha value is -2.84. The number of aromatic nitrogens is 2. The normalized spacial score (nSPS) is 18.0. The first-order chi connectivity index (χ1) is 16.0. The summed E-state index contributed by atoms with van der Waals surface area (Å²) >= 11 is 3.22. The van der Waals surface area contributed by atoms with E-state index < -0.39 is 0 Å². The van der Waals surface area contributed by atoms with Gasteiger partial charge in [-0.2, -0.15) is 0 Å². The van der Waals surface area contributed by atoms with Crippen LogP contribution in [-0.4, -0.2) is 25.7 Å². The maximum absolute atomic E-state index is 13.7. The van der Waals surface area contributed by atoms with Gasteiger partial charge in [0.25, 0.3) is 11.5 Å². The Morgan fingerprint density at radius 1 is 1.09 bits per heavy atom. The van der Waals surface area contributed by atoms with E-state index in [1.165, 1.54) is 12.8 Å². The third kappa shape index (κ3) is 3.91. The van der Waals surface area contributed by atoms with Gasteiger partial charge in [-0.3, -0.25) is 14.3 Å². The van der Waals surface area contributed by atoms with Crippen LogP contribution < -0.4 is 10.5 Å². The van der Waals surface area contributed by atoms with Crippen molar-refractivity contribution in [3.63, 3.8) is 0 Å². The topological polar surface area (TPSA) is 59.6 Å². The molecule has 5 rings (SSSR count). The minimum atomic E-state index is -0.241. The van der Waals surface area contributed by atoms with Crippen LogP contribution in [0.1, 0.15) is 41.8 Å². The summed E-state index contributed by atoms with van der Waals surface area (Å²) in [5, 5.41) is 3.04. The molecule has 1 aromatic carbocycles. The number of benzene rings is 1. The predicted molar refractivity (Wildman–Crippen MR) is 138 cm³/mol. The summed E-state index contributed by atoms with van der Waals surface area (Å²) in [6.45, 7) is 3.91. The van der Waals surface area contributed by atoms with E-state index in [2.05, 4.69) is 0 Å². The van der Waals surface area contributed by atoms with Gasteiger partial charge >= 0.3 is 0 Å². The molecule has 0 bridgehead atoms. The summed E-state index contributed by atoms with van der Waals surface area (Å²) in [4.78, 5) is 34.7. The van der Waals surface area contributed by atoms with Crippen LogP contribution >= 0.6 is 23.1 Å². The highest BCUT2D eigenvalue weighted by molar-refractivity contribution is 8.14. The molecule has 170 valence electrons. The number of carbonyl (C=O) groups is 1. The summed E-state index contributed by atoms with van der Waals surface area (Å²) in [6.07, 6.45) is 6.46. The smallest absolute Gasteiger partial charge is 0.283 e. The molecular formula is C25H26N4O2S2. The first-order valence-electron chi connectivity index (χ1n) is 11.2. The van der Waals surface area contributed by atoms with Crippen molar-refractivity contribution in [1.29, 1.82) is 0 Å². The number of carbonyl (C=O) groups excluding carboxylic acids is 1. The van der Waals surface area contributed by atoms with E-state index in [1.807, 2.05) is 73.4 Å². The zero-order valence-corrected chi connectivity index (χ0v) is 20.6. The second-order valence-corrected chi connectivity index (χ2v) is 10.7. The van der Waals surface area contributed by atoms with Crippen molar-refractivity contribution < 1.29 is 4.79 Å². The molecule has 3 aromatic rings. The first kappa shape index (κ1) is 22.0. The fraction of sp³-hybridized carbons (Fsp3) is 0.320. The molecule has 0 atom stereocenters. The second kappa shape index (κ2) is 8.83. The molecule has 1 amide bonds. The fourth-order valence-electron chi connectivity index (χ4n) is 4.40. The monoisotopic (exact) mass is 478 g/mol. The quantitative estimate of drug-likeness (QED) is 0.480. The second-order valence-electron chi connectivity index (χ2n) is 8.47. The van der Waals surface area contributed by atoms with Crippen LogP contribution in [0.2, 0.25) is 0 Å². The van der Waals surface area contributed by atoms with Gasteiger partial charge in [-0.05, 0) is 61.9 Å². The van der Waals surface area contributed by atoms with E-state index in [9.17, 15) is 9.59 Å². The van der Waals surface area contributed by atoms with Crippen molar-refractivity contribution in [2.24, 2.45) is 12.0 Å². The van der Waals surface area contributed by atoms with E-state index in [0.29, 0.717) is 21.8 Å². The number of amidine groups is 1. The lowest BCUT2D eigenvalue weighted by Gasteiger charge is -2.18. The molecule has 33 heavy (non-hydrogen) atoms. The molecule has 1 saturated carbocycles. The molecule has 1 aliphatic heterocycles. The lowest BCUT2D eigenvalue weighted by molar-refractivity contribution is -0.113. The number of nitrogens with zero attached hydrogens (tertiary/aromatic N) is 4. The number of hydrogen-bond donors (Lipinski definition) is 0. The van der Waals surface area contributed by atoms with Gasteiger partial charge in [0.05, 0.1) is 11.4 Å². The summed E-state index contributed by atoms with van der Waals surface area (Å²) in [7, 11) is 1.85. The van der Waals surface area contributed by atoms with Crippen LogP contribution in [0.4, 0.5) is 5.69 Å². The lowest BCUT2D eigenvalue weighted by Crippen LogP contribution is -2.35. The van der Waals surface area contributed by atoms with Crippen molar-refractivity contribution in [1.82, 2.24) is 9.36 Å². The molecule has 0 radical (unpaired) electrons. The number of aliphatic imine (C=N–C) groups is 1. The molecule has 6 nitrogen and oxygen atoms in total. The van der Waals surface area contributed by atoms with E-state index >= 15 is 0 Å².